The molecular weight excluding hydrogens is 683 g/mol. The molecule has 5 rings (SSSR count). The first-order valence-corrected chi connectivity index (χ1v) is 15.6. The van der Waals surface area contributed by atoms with E-state index in [1.54, 1.807) is 6.08 Å². The number of aromatic nitrogens is 1. The van der Waals surface area contributed by atoms with Gasteiger partial charge in [-0.1, -0.05) is 41.7 Å². The number of carbonyl (C=O) groups is 3. The van der Waals surface area contributed by atoms with E-state index < -0.39 is 29.6 Å². The summed E-state index contributed by atoms with van der Waals surface area (Å²) in [6.45, 7) is 3.11. The van der Waals surface area contributed by atoms with Gasteiger partial charge in [0.25, 0.3) is 5.91 Å². The summed E-state index contributed by atoms with van der Waals surface area (Å²) in [5, 5.41) is 9.00. The van der Waals surface area contributed by atoms with E-state index in [0.717, 1.165) is 43.1 Å². The highest BCUT2D eigenvalue weighted by Gasteiger charge is 2.34. The lowest BCUT2D eigenvalue weighted by atomic mass is 10.1. The Morgan fingerprint density at radius 3 is 2.55 bits per heavy atom. The van der Waals surface area contributed by atoms with Gasteiger partial charge in [-0.3, -0.25) is 19.4 Å². The largest absolute Gasteiger partial charge is 0.478 e. The van der Waals surface area contributed by atoms with E-state index in [2.05, 4.69) is 9.88 Å². The van der Waals surface area contributed by atoms with Crippen molar-refractivity contribution in [1.29, 1.82) is 0 Å². The van der Waals surface area contributed by atoms with Gasteiger partial charge in [0.15, 0.2) is 5.76 Å². The van der Waals surface area contributed by atoms with Gasteiger partial charge >= 0.3 is 18.1 Å². The molecule has 16 heteroatoms. The molecule has 2 fully saturated rings. The number of carboxylic acid groups (broad SMARTS) is 1. The summed E-state index contributed by atoms with van der Waals surface area (Å²) in [4.78, 5) is 44.7. The van der Waals surface area contributed by atoms with Crippen LogP contribution in [0.15, 0.2) is 57.9 Å². The highest BCUT2D eigenvalue weighted by atomic mass is 35.5. The number of aromatic carboxylic acids is 1. The third kappa shape index (κ3) is 8.67. The van der Waals surface area contributed by atoms with Gasteiger partial charge in [0.2, 0.25) is 5.89 Å². The van der Waals surface area contributed by atoms with Gasteiger partial charge in [0, 0.05) is 32.3 Å². The lowest BCUT2D eigenvalue weighted by molar-refractivity contribution is -0.137. The number of benzene rings is 2. The summed E-state index contributed by atoms with van der Waals surface area (Å²) < 4.78 is 57.0. The minimum absolute atomic E-state index is 0.00863. The lowest BCUT2D eigenvalue weighted by Gasteiger charge is -2.25. The van der Waals surface area contributed by atoms with Crippen LogP contribution < -0.4 is 4.74 Å². The molecule has 0 saturated carbocycles. The van der Waals surface area contributed by atoms with E-state index in [4.69, 9.17) is 42.8 Å². The number of carbonyl (C=O) groups excluding carboxylic acids is 2. The number of nitrogens with zero attached hydrogens (tertiary/aromatic N) is 3. The molecule has 0 unspecified atom stereocenters. The molecule has 1 aromatic heterocycles. The number of hydrogen-bond donors (Lipinski definition) is 1. The molecular formula is C31H25ClF3N3O7S2. The third-order valence-electron chi connectivity index (χ3n) is 6.96. The molecule has 0 radical (unpaired) electrons. The van der Waals surface area contributed by atoms with Gasteiger partial charge in [-0.05, 0) is 48.5 Å². The van der Waals surface area contributed by atoms with Crippen molar-refractivity contribution in [3.8, 4) is 17.2 Å². The van der Waals surface area contributed by atoms with Crippen LogP contribution in [0.5, 0.6) is 5.75 Å². The molecule has 0 aliphatic carbocycles. The first-order valence-electron chi connectivity index (χ1n) is 14.0. The number of thiocarbonyl (C=S) groups is 1. The molecule has 1 N–H and O–H groups in total. The fraction of sp³-hybridized carbons (Fsp3) is 0.258. The summed E-state index contributed by atoms with van der Waals surface area (Å²) >= 11 is 12.6. The van der Waals surface area contributed by atoms with Crippen molar-refractivity contribution in [2.45, 2.75) is 12.6 Å². The molecule has 3 aromatic rings. The molecule has 0 atom stereocenters. The van der Waals surface area contributed by atoms with Gasteiger partial charge in [-0.15, -0.1) is 0 Å². The van der Waals surface area contributed by atoms with Gasteiger partial charge in [-0.25, -0.2) is 9.78 Å². The predicted molar refractivity (Wildman–Crippen MR) is 172 cm³/mol. The Balaban J connectivity index is 1.35. The number of rotatable bonds is 10. The maximum atomic E-state index is 13.5. The Kier molecular flexibility index (Phi) is 10.8. The first kappa shape index (κ1) is 34.3. The zero-order valence-corrected chi connectivity index (χ0v) is 26.7. The second-order valence-corrected chi connectivity index (χ2v) is 12.2. The van der Waals surface area contributed by atoms with Crippen LogP contribution in [0.25, 0.3) is 23.6 Å². The number of halogens is 4. The number of alkyl halides is 3. The Bertz CT molecular complexity index is 1750. The summed E-state index contributed by atoms with van der Waals surface area (Å²) in [6, 6.07) is 8.08. The van der Waals surface area contributed by atoms with Crippen molar-refractivity contribution < 1.29 is 46.6 Å². The number of morpholine rings is 1. The maximum absolute atomic E-state index is 13.5. The number of ether oxygens (including phenoxy) is 2. The monoisotopic (exact) mass is 707 g/mol. The van der Waals surface area contributed by atoms with Crippen LogP contribution in [-0.2, 0) is 20.5 Å². The van der Waals surface area contributed by atoms with Crippen LogP contribution in [-0.4, -0.2) is 81.4 Å². The fourth-order valence-corrected chi connectivity index (χ4v) is 5.99. The van der Waals surface area contributed by atoms with E-state index in [1.165, 1.54) is 35.2 Å². The van der Waals surface area contributed by atoms with E-state index in [0.29, 0.717) is 19.8 Å². The number of hydrogen-bond acceptors (Lipinski definition) is 10. The van der Waals surface area contributed by atoms with Crippen molar-refractivity contribution in [3.05, 3.63) is 81.0 Å². The zero-order chi connectivity index (χ0) is 33.7. The molecule has 10 nitrogen and oxygen atoms in total. The van der Waals surface area contributed by atoms with E-state index in [1.807, 2.05) is 6.08 Å². The molecule has 0 bridgehead atoms. The normalized spacial score (nSPS) is 16.9. The van der Waals surface area contributed by atoms with Gasteiger partial charge in [0.05, 0.1) is 46.3 Å². The van der Waals surface area contributed by atoms with Crippen LogP contribution >= 0.6 is 35.6 Å². The number of amides is 1. The molecule has 47 heavy (non-hydrogen) atoms. The average molecular weight is 708 g/mol. The van der Waals surface area contributed by atoms with Crippen LogP contribution in [0.4, 0.5) is 13.2 Å². The topological polar surface area (TPSA) is 122 Å². The van der Waals surface area contributed by atoms with Crippen molar-refractivity contribution in [1.82, 2.24) is 14.8 Å². The Morgan fingerprint density at radius 2 is 1.87 bits per heavy atom. The quantitative estimate of drug-likeness (QED) is 0.111. The van der Waals surface area contributed by atoms with Crippen LogP contribution in [0.1, 0.15) is 33.8 Å². The predicted octanol–water partition coefficient (Wildman–Crippen LogP) is 6.25. The molecule has 246 valence electrons. The number of oxazole rings is 1. The molecule has 3 heterocycles. The minimum Gasteiger partial charge on any atom is -0.478 e. The number of thioether (sulfide) groups is 1. The van der Waals surface area contributed by atoms with E-state index in [9.17, 15) is 27.6 Å². The zero-order valence-electron chi connectivity index (χ0n) is 24.3. The average Bonchev–Trinajstić information content (AvgIpc) is 3.55. The number of esters is 1. The highest BCUT2D eigenvalue weighted by molar-refractivity contribution is 8.26. The Morgan fingerprint density at radius 1 is 1.15 bits per heavy atom. The molecule has 2 aromatic carbocycles. The van der Waals surface area contributed by atoms with Gasteiger partial charge in [-0.2, -0.15) is 13.2 Å². The van der Waals surface area contributed by atoms with Crippen LogP contribution in [0, 0.1) is 0 Å². The van der Waals surface area contributed by atoms with Gasteiger partial charge < -0.3 is 19.0 Å². The molecule has 0 spiro atoms. The lowest BCUT2D eigenvalue weighted by Crippen LogP contribution is -2.36. The molecule has 2 aliphatic heterocycles. The van der Waals surface area contributed by atoms with Gasteiger partial charge in [0.1, 0.15) is 15.8 Å². The second-order valence-electron chi connectivity index (χ2n) is 10.2. The van der Waals surface area contributed by atoms with Crippen molar-refractivity contribution in [2.75, 3.05) is 39.4 Å². The highest BCUT2D eigenvalue weighted by Crippen LogP contribution is 2.38. The maximum Gasteiger partial charge on any atom is 0.416 e. The molecule has 2 saturated heterocycles. The fourth-order valence-electron chi connectivity index (χ4n) is 4.51. The minimum atomic E-state index is -4.62. The third-order valence-corrected chi connectivity index (χ3v) is 8.66. The summed E-state index contributed by atoms with van der Waals surface area (Å²) in [7, 11) is 0. The van der Waals surface area contributed by atoms with Crippen molar-refractivity contribution in [3.63, 3.8) is 0 Å². The second kappa shape index (κ2) is 14.8. The summed E-state index contributed by atoms with van der Waals surface area (Å²) in [5.74, 6) is -2.25. The van der Waals surface area contributed by atoms with E-state index in [-0.39, 0.29) is 61.4 Å². The SMILES string of the molecule is O=C(CCN1C(=O)/C(=C/c2oc(-c3cc(C(F)(F)F)ccc3Cl)nc2/C=C/CN2CCOCC2)SC1=S)Oc1ccc(C(=O)O)cc1. The van der Waals surface area contributed by atoms with Crippen molar-refractivity contribution in [2.24, 2.45) is 0 Å². The number of carboxylic acids is 1. The summed E-state index contributed by atoms with van der Waals surface area (Å²) in [5.41, 5.74) is -0.725. The van der Waals surface area contributed by atoms with Crippen LogP contribution in [0.2, 0.25) is 5.02 Å². The van der Waals surface area contributed by atoms with Crippen molar-refractivity contribution >= 4 is 69.9 Å². The summed E-state index contributed by atoms with van der Waals surface area (Å²) in [6.07, 6.45) is 0.0329. The Hall–Kier alpha value is -4.02. The molecule has 1 amide bonds. The first-order chi connectivity index (χ1) is 22.4. The standard InChI is InChI=1S/C31H25ClF3N3O7S2/c32-22-8-5-19(31(33,34)35)16-21(22)27-36-23(2-1-10-37-12-14-43-15-13-37)24(45-27)17-25-28(40)38(30(46)47-25)11-9-26(39)44-20-6-3-18(4-7-20)29(41)42/h1-8,16-17H,9-15H2,(H,41,42)/b2-1+,25-17-. The smallest absolute Gasteiger partial charge is 0.416 e. The van der Waals surface area contributed by atoms with Crippen LogP contribution in [0.3, 0.4) is 0 Å². The van der Waals surface area contributed by atoms with E-state index >= 15 is 0 Å². The Labute approximate surface area is 280 Å². The molecule has 2 aliphatic rings.